The molecule has 3 aromatic heterocycles. The summed E-state index contributed by atoms with van der Waals surface area (Å²) in [5.74, 6) is 0. The molecule has 0 amide bonds. The van der Waals surface area contributed by atoms with Crippen molar-refractivity contribution in [2.75, 3.05) is 4.90 Å². The number of rotatable bonds is 3. The number of aromatic nitrogens is 2. The lowest BCUT2D eigenvalue weighted by Gasteiger charge is -2.45. The largest absolute Gasteiger partial charge is 0.439 e. The zero-order valence-corrected chi connectivity index (χ0v) is 33.0. The quantitative estimate of drug-likeness (QED) is 0.179. The summed E-state index contributed by atoms with van der Waals surface area (Å²) < 4.78 is 11.6. The van der Waals surface area contributed by atoms with E-state index in [2.05, 4.69) is 226 Å². The Labute approximate surface area is 351 Å². The van der Waals surface area contributed by atoms with E-state index in [0.29, 0.717) is 0 Å². The highest BCUT2D eigenvalue weighted by Gasteiger charge is 2.52. The van der Waals surface area contributed by atoms with Gasteiger partial charge in [-0.3, -0.25) is 4.57 Å². The first-order valence-electron chi connectivity index (χ1n) is 21.0. The van der Waals surface area contributed by atoms with Crippen molar-refractivity contribution in [1.29, 1.82) is 0 Å². The van der Waals surface area contributed by atoms with Gasteiger partial charge >= 0.3 is 0 Å². The van der Waals surface area contributed by atoms with Crippen molar-refractivity contribution in [3.8, 4) is 22.5 Å². The van der Waals surface area contributed by atoms with Crippen LogP contribution in [0, 0.1) is 0 Å². The fourth-order valence-electron chi connectivity index (χ4n) is 11.2. The molecular formula is C57H35N3O. The van der Waals surface area contributed by atoms with Crippen LogP contribution in [0.1, 0.15) is 22.3 Å². The van der Waals surface area contributed by atoms with Gasteiger partial charge in [0, 0.05) is 38.6 Å². The van der Waals surface area contributed by atoms with Gasteiger partial charge in [-0.05, 0) is 106 Å². The summed E-state index contributed by atoms with van der Waals surface area (Å²) in [6.45, 7) is 0. The fourth-order valence-corrected chi connectivity index (χ4v) is 11.2. The molecule has 4 heterocycles. The van der Waals surface area contributed by atoms with Crippen LogP contribution in [0.4, 0.5) is 17.1 Å². The van der Waals surface area contributed by atoms with Gasteiger partial charge in [0.15, 0.2) is 0 Å². The van der Waals surface area contributed by atoms with Crippen LogP contribution in [0.5, 0.6) is 0 Å². The summed E-state index contributed by atoms with van der Waals surface area (Å²) in [6.07, 6.45) is 0. The molecule has 284 valence electrons. The Balaban J connectivity index is 1.14. The lowest BCUT2D eigenvalue weighted by molar-refractivity contribution is 0.645. The van der Waals surface area contributed by atoms with Crippen LogP contribution in [0.25, 0.3) is 77.3 Å². The lowest BCUT2D eigenvalue weighted by atomic mass is 9.64. The first-order valence-corrected chi connectivity index (χ1v) is 21.0. The Morgan fingerprint density at radius 1 is 0.344 bits per heavy atom. The van der Waals surface area contributed by atoms with E-state index >= 15 is 0 Å². The van der Waals surface area contributed by atoms with Gasteiger partial charge < -0.3 is 13.9 Å². The minimum Gasteiger partial charge on any atom is -0.439 e. The minimum absolute atomic E-state index is 0.663. The van der Waals surface area contributed by atoms with Crippen LogP contribution in [0.3, 0.4) is 0 Å². The third kappa shape index (κ3) is 4.18. The van der Waals surface area contributed by atoms with Gasteiger partial charge in [-0.1, -0.05) is 140 Å². The number of benzene rings is 9. The molecule has 1 aliphatic carbocycles. The number of anilines is 3. The van der Waals surface area contributed by atoms with E-state index in [1.54, 1.807) is 0 Å². The highest BCUT2D eigenvalue weighted by Crippen LogP contribution is 2.64. The third-order valence-corrected chi connectivity index (χ3v) is 13.5. The first kappa shape index (κ1) is 32.8. The van der Waals surface area contributed by atoms with Crippen LogP contribution < -0.4 is 4.90 Å². The van der Waals surface area contributed by atoms with Crippen molar-refractivity contribution < 1.29 is 4.42 Å². The molecule has 0 fully saturated rings. The van der Waals surface area contributed by atoms with E-state index in [-0.39, 0.29) is 0 Å². The molecule has 61 heavy (non-hydrogen) atoms. The van der Waals surface area contributed by atoms with Crippen molar-refractivity contribution in [2.24, 2.45) is 0 Å². The van der Waals surface area contributed by atoms with Gasteiger partial charge in [0.25, 0.3) is 0 Å². The molecule has 9 aromatic carbocycles. The molecule has 0 saturated heterocycles. The Hall–Kier alpha value is -8.08. The molecule has 0 saturated carbocycles. The van der Waals surface area contributed by atoms with Crippen molar-refractivity contribution >= 4 is 71.8 Å². The van der Waals surface area contributed by atoms with Crippen molar-refractivity contribution in [2.45, 2.75) is 5.41 Å². The smallest absolute Gasteiger partial charge is 0.213 e. The second-order valence-corrected chi connectivity index (χ2v) is 16.4. The van der Waals surface area contributed by atoms with E-state index in [4.69, 9.17) is 4.42 Å². The normalized spacial score (nSPS) is 13.7. The van der Waals surface area contributed by atoms with Gasteiger partial charge in [-0.2, -0.15) is 0 Å². The number of furan rings is 1. The number of hydrogen-bond donors (Lipinski definition) is 0. The zero-order chi connectivity index (χ0) is 39.8. The topological polar surface area (TPSA) is 26.2 Å². The predicted molar refractivity (Wildman–Crippen MR) is 250 cm³/mol. The number of nitrogens with zero attached hydrogens (tertiary/aromatic N) is 3. The molecule has 12 aromatic rings. The van der Waals surface area contributed by atoms with Gasteiger partial charge in [0.1, 0.15) is 5.58 Å². The minimum atomic E-state index is -0.663. The van der Waals surface area contributed by atoms with Gasteiger partial charge in [0.2, 0.25) is 5.71 Å². The summed E-state index contributed by atoms with van der Waals surface area (Å²) in [7, 11) is 0. The Kier molecular flexibility index (Phi) is 6.46. The number of fused-ring (bicyclic) bond motifs is 17. The molecule has 4 heteroatoms. The van der Waals surface area contributed by atoms with Crippen LogP contribution in [0.15, 0.2) is 217 Å². The Bertz CT molecular complexity index is 3690. The summed E-state index contributed by atoms with van der Waals surface area (Å²) in [4.78, 5) is 2.48. The lowest BCUT2D eigenvalue weighted by Crippen LogP contribution is -2.36. The molecule has 0 atom stereocenters. The van der Waals surface area contributed by atoms with Crippen molar-refractivity contribution in [3.63, 3.8) is 0 Å². The molecule has 0 N–H and O–H groups in total. The average Bonchev–Trinajstić information content (AvgIpc) is 4.05. The van der Waals surface area contributed by atoms with Gasteiger partial charge in [-0.25, -0.2) is 0 Å². The molecule has 14 rings (SSSR count). The van der Waals surface area contributed by atoms with Crippen molar-refractivity contribution in [1.82, 2.24) is 9.13 Å². The summed E-state index contributed by atoms with van der Waals surface area (Å²) in [5, 5.41) is 5.95. The second-order valence-electron chi connectivity index (χ2n) is 16.4. The monoisotopic (exact) mass is 777 g/mol. The maximum absolute atomic E-state index is 6.82. The average molecular weight is 778 g/mol. The summed E-state index contributed by atoms with van der Waals surface area (Å²) in [5.41, 5.74) is 17.8. The van der Waals surface area contributed by atoms with Crippen LogP contribution in [-0.4, -0.2) is 9.13 Å². The van der Waals surface area contributed by atoms with E-state index < -0.39 is 5.41 Å². The maximum Gasteiger partial charge on any atom is 0.213 e. The maximum atomic E-state index is 6.82. The number of para-hydroxylation sites is 5. The molecule has 4 nitrogen and oxygen atoms in total. The predicted octanol–water partition coefficient (Wildman–Crippen LogP) is 14.8. The summed E-state index contributed by atoms with van der Waals surface area (Å²) in [6, 6.07) is 78.0. The van der Waals surface area contributed by atoms with E-state index in [0.717, 1.165) is 56.0 Å². The molecular weight excluding hydrogens is 743 g/mol. The van der Waals surface area contributed by atoms with Crippen LogP contribution in [-0.2, 0) is 5.41 Å². The molecule has 0 unspecified atom stereocenters. The highest BCUT2D eigenvalue weighted by molar-refractivity contribution is 6.20. The fraction of sp³-hybridized carbons (Fsp3) is 0.0175. The van der Waals surface area contributed by atoms with Crippen LogP contribution in [0.2, 0.25) is 0 Å². The van der Waals surface area contributed by atoms with Gasteiger partial charge in [-0.15, -0.1) is 0 Å². The highest BCUT2D eigenvalue weighted by atomic mass is 16.3. The summed E-state index contributed by atoms with van der Waals surface area (Å²) >= 11 is 0. The molecule has 0 bridgehead atoms. The van der Waals surface area contributed by atoms with Crippen LogP contribution >= 0.6 is 0 Å². The number of hydrogen-bond acceptors (Lipinski definition) is 2. The molecule has 2 aliphatic rings. The van der Waals surface area contributed by atoms with E-state index in [1.165, 1.54) is 60.6 Å². The van der Waals surface area contributed by atoms with E-state index in [9.17, 15) is 0 Å². The SMILES string of the molecule is c1ccc(N2c3ccc(-n4c5ccccc5c5ccccc54)cc3C3(c4ccccc4-c4ccccc43)c3cc(-n4c5ccccc5c5c6ccccc6oc54)ccc32)cc1. The van der Waals surface area contributed by atoms with Crippen molar-refractivity contribution in [3.05, 3.63) is 235 Å². The molecule has 1 spiro atoms. The Morgan fingerprint density at radius 3 is 1.44 bits per heavy atom. The molecule has 0 radical (unpaired) electrons. The standard InChI is InChI=1S/C57H35N3O/c1-2-16-36(17-3-1)58-52-32-30-37(59-49-26-12-6-20-41(49)42-21-7-13-27-50(42)59)34-47(52)57(45-24-10-4-18-39(45)40-19-5-11-25-46(40)57)48-35-38(31-33-53(48)58)60-51-28-14-8-22-43(51)55-44-23-9-15-29-54(44)61-56(55)60/h1-35H. The van der Waals surface area contributed by atoms with E-state index in [1.807, 2.05) is 0 Å². The molecule has 1 aliphatic heterocycles. The third-order valence-electron chi connectivity index (χ3n) is 13.5. The first-order chi connectivity index (χ1) is 30.3. The zero-order valence-electron chi connectivity index (χ0n) is 33.0. The van der Waals surface area contributed by atoms with Gasteiger partial charge in [0.05, 0.1) is 38.7 Å². The Morgan fingerprint density at radius 2 is 0.820 bits per heavy atom. The second kappa shape index (κ2) is 12.0.